The van der Waals surface area contributed by atoms with Crippen LogP contribution in [0.3, 0.4) is 0 Å². The number of ether oxygens (including phenoxy) is 2. The van der Waals surface area contributed by atoms with Gasteiger partial charge < -0.3 is 25.0 Å². The smallest absolute Gasteiger partial charge is 0.348 e. The molecule has 31 heavy (non-hydrogen) atoms. The summed E-state index contributed by atoms with van der Waals surface area (Å²) >= 11 is 3.28. The number of carbonyl (C=O) groups is 1. The third-order valence-electron chi connectivity index (χ3n) is 4.53. The van der Waals surface area contributed by atoms with Crippen molar-refractivity contribution in [3.05, 3.63) is 58.7 Å². The number of anilines is 1. The zero-order valence-electron chi connectivity index (χ0n) is 15.8. The van der Waals surface area contributed by atoms with Crippen molar-refractivity contribution in [1.82, 2.24) is 19.5 Å². The van der Waals surface area contributed by atoms with Crippen molar-refractivity contribution < 1.29 is 28.6 Å². The van der Waals surface area contributed by atoms with E-state index >= 15 is 0 Å². The second-order valence-electron chi connectivity index (χ2n) is 6.74. The molecular formula is C18H17BrN5O6P. The molecule has 3 heterocycles. The standard InChI is InChI=1S/C18H17BrN5O6P/c19-14-13-15(23-18(20)22-14)24(9-21-13)16-12(8-11(29-16)6-7-31(26,27)28)30-17(25)10-4-2-1-3-5-10/h1-7,9,11-12,16H,8H2,(H2,20,22,23)(H2,26,27,28)/b7-6+/t11-,12-,16-/m1/s1. The maximum Gasteiger partial charge on any atom is 0.348 e. The highest BCUT2D eigenvalue weighted by atomic mass is 79.9. The van der Waals surface area contributed by atoms with Crippen LogP contribution in [0.5, 0.6) is 0 Å². The van der Waals surface area contributed by atoms with E-state index < -0.39 is 32.0 Å². The van der Waals surface area contributed by atoms with Gasteiger partial charge >= 0.3 is 13.6 Å². The van der Waals surface area contributed by atoms with Gasteiger partial charge in [0.25, 0.3) is 0 Å². The Hall–Kier alpha value is -2.63. The Labute approximate surface area is 184 Å². The zero-order valence-corrected chi connectivity index (χ0v) is 18.3. The van der Waals surface area contributed by atoms with E-state index in [-0.39, 0.29) is 12.4 Å². The third kappa shape index (κ3) is 4.83. The molecule has 0 saturated carbocycles. The first-order valence-corrected chi connectivity index (χ1v) is 11.5. The van der Waals surface area contributed by atoms with Crippen LogP contribution in [-0.4, -0.2) is 47.5 Å². The summed E-state index contributed by atoms with van der Waals surface area (Å²) in [4.78, 5) is 43.3. The van der Waals surface area contributed by atoms with Gasteiger partial charge in [0.1, 0.15) is 10.1 Å². The first-order valence-electron chi connectivity index (χ1n) is 9.03. The molecule has 2 aromatic heterocycles. The Bertz CT molecular complexity index is 1200. The van der Waals surface area contributed by atoms with Crippen molar-refractivity contribution in [2.75, 3.05) is 5.73 Å². The average molecular weight is 510 g/mol. The van der Waals surface area contributed by atoms with E-state index in [4.69, 9.17) is 25.0 Å². The second-order valence-corrected chi connectivity index (χ2v) is 8.97. The van der Waals surface area contributed by atoms with Gasteiger partial charge in [0.2, 0.25) is 5.95 Å². The fourth-order valence-electron chi connectivity index (χ4n) is 3.21. The number of benzene rings is 1. The summed E-state index contributed by atoms with van der Waals surface area (Å²) in [7, 11) is -4.38. The van der Waals surface area contributed by atoms with E-state index in [1.165, 1.54) is 12.4 Å². The summed E-state index contributed by atoms with van der Waals surface area (Å²) in [6.45, 7) is 0. The molecule has 1 saturated heterocycles. The van der Waals surface area contributed by atoms with E-state index in [1.54, 1.807) is 34.9 Å². The molecule has 0 bridgehead atoms. The number of carbonyl (C=O) groups excluding carboxylic acids is 1. The lowest BCUT2D eigenvalue weighted by atomic mass is 10.2. The molecule has 0 unspecified atom stereocenters. The number of hydrogen-bond donors (Lipinski definition) is 3. The van der Waals surface area contributed by atoms with Crippen molar-refractivity contribution in [3.63, 3.8) is 0 Å². The Morgan fingerprint density at radius 2 is 2.06 bits per heavy atom. The molecule has 3 atom stereocenters. The first kappa shape index (κ1) is 21.6. The zero-order chi connectivity index (χ0) is 22.2. The molecule has 0 aliphatic carbocycles. The van der Waals surface area contributed by atoms with Crippen LogP contribution in [0, 0.1) is 0 Å². The minimum Gasteiger partial charge on any atom is -0.454 e. The third-order valence-corrected chi connectivity index (χ3v) is 5.64. The Balaban J connectivity index is 1.68. The number of fused-ring (bicyclic) bond motifs is 1. The van der Waals surface area contributed by atoms with Crippen molar-refractivity contribution in [1.29, 1.82) is 0 Å². The highest BCUT2D eigenvalue weighted by molar-refractivity contribution is 9.10. The monoisotopic (exact) mass is 509 g/mol. The van der Waals surface area contributed by atoms with Gasteiger partial charge in [0, 0.05) is 12.2 Å². The molecule has 1 fully saturated rings. The topological polar surface area (TPSA) is 163 Å². The number of rotatable bonds is 5. The summed E-state index contributed by atoms with van der Waals surface area (Å²) < 4.78 is 24.8. The van der Waals surface area contributed by atoms with Crippen LogP contribution >= 0.6 is 23.5 Å². The number of nitrogens with two attached hydrogens (primary N) is 1. The van der Waals surface area contributed by atoms with E-state index in [0.717, 1.165) is 5.82 Å². The molecule has 1 aliphatic heterocycles. The minimum atomic E-state index is -4.38. The largest absolute Gasteiger partial charge is 0.454 e. The van der Waals surface area contributed by atoms with Crippen molar-refractivity contribution in [2.24, 2.45) is 0 Å². The average Bonchev–Trinajstić information content (AvgIpc) is 3.30. The lowest BCUT2D eigenvalue weighted by Crippen LogP contribution is -2.25. The van der Waals surface area contributed by atoms with Gasteiger partial charge in [-0.05, 0) is 34.1 Å². The Morgan fingerprint density at radius 3 is 2.77 bits per heavy atom. The highest BCUT2D eigenvalue weighted by Gasteiger charge is 2.39. The fourth-order valence-corrected chi connectivity index (χ4v) is 4.09. The molecule has 1 aliphatic rings. The van der Waals surface area contributed by atoms with E-state index in [0.29, 0.717) is 21.3 Å². The second kappa shape index (κ2) is 8.48. The summed E-state index contributed by atoms with van der Waals surface area (Å²) in [5.41, 5.74) is 6.89. The number of nitrogens with zero attached hydrogens (tertiary/aromatic N) is 4. The highest BCUT2D eigenvalue weighted by Crippen LogP contribution is 2.39. The summed E-state index contributed by atoms with van der Waals surface area (Å²) in [5, 5.41) is 0. The van der Waals surface area contributed by atoms with Crippen LogP contribution in [0.2, 0.25) is 0 Å². The Kier molecular flexibility index (Phi) is 5.91. The van der Waals surface area contributed by atoms with Gasteiger partial charge in [-0.1, -0.05) is 18.2 Å². The number of halogens is 1. The summed E-state index contributed by atoms with van der Waals surface area (Å²) in [5.74, 6) is 0.215. The van der Waals surface area contributed by atoms with Crippen LogP contribution in [0.1, 0.15) is 23.0 Å². The number of nitrogen functional groups attached to an aromatic ring is 1. The Morgan fingerprint density at radius 1 is 1.32 bits per heavy atom. The molecule has 1 aromatic carbocycles. The summed E-state index contributed by atoms with van der Waals surface area (Å²) in [6, 6.07) is 8.45. The molecule has 162 valence electrons. The molecule has 0 radical (unpaired) electrons. The van der Waals surface area contributed by atoms with Gasteiger partial charge in [-0.25, -0.2) is 14.8 Å². The van der Waals surface area contributed by atoms with E-state index in [1.807, 2.05) is 0 Å². The van der Waals surface area contributed by atoms with Gasteiger partial charge in [-0.15, -0.1) is 0 Å². The molecule has 3 aromatic rings. The van der Waals surface area contributed by atoms with Crippen LogP contribution in [-0.2, 0) is 14.0 Å². The number of hydrogen-bond acceptors (Lipinski definition) is 8. The van der Waals surface area contributed by atoms with Crippen LogP contribution < -0.4 is 5.73 Å². The fraction of sp³-hybridized carbons (Fsp3) is 0.222. The molecule has 11 nitrogen and oxygen atoms in total. The van der Waals surface area contributed by atoms with Crippen LogP contribution in [0.25, 0.3) is 11.2 Å². The van der Waals surface area contributed by atoms with Crippen LogP contribution in [0.15, 0.2) is 53.2 Å². The lowest BCUT2D eigenvalue weighted by Gasteiger charge is -2.20. The molecule has 0 spiro atoms. The summed E-state index contributed by atoms with van der Waals surface area (Å²) in [6.07, 6.45) is 0.513. The van der Waals surface area contributed by atoms with Crippen molar-refractivity contribution in [2.45, 2.75) is 24.9 Å². The predicted octanol–water partition coefficient (Wildman–Crippen LogP) is 2.38. The normalized spacial score (nSPS) is 21.7. The van der Waals surface area contributed by atoms with Crippen molar-refractivity contribution >= 4 is 46.6 Å². The van der Waals surface area contributed by atoms with Crippen molar-refractivity contribution in [3.8, 4) is 0 Å². The number of imidazole rings is 1. The number of esters is 1. The molecule has 4 N–H and O–H groups in total. The van der Waals surface area contributed by atoms with Gasteiger partial charge in [-0.2, -0.15) is 4.98 Å². The van der Waals surface area contributed by atoms with Gasteiger partial charge in [0.15, 0.2) is 18.0 Å². The molecular weight excluding hydrogens is 493 g/mol. The number of aromatic nitrogens is 4. The maximum atomic E-state index is 12.6. The van der Waals surface area contributed by atoms with Gasteiger partial charge in [-0.3, -0.25) is 9.13 Å². The van der Waals surface area contributed by atoms with E-state index in [2.05, 4.69) is 30.9 Å². The van der Waals surface area contributed by atoms with Gasteiger partial charge in [0.05, 0.1) is 18.0 Å². The lowest BCUT2D eigenvalue weighted by molar-refractivity contribution is -0.0381. The minimum absolute atomic E-state index is 0.00916. The molecule has 13 heteroatoms. The maximum absolute atomic E-state index is 12.6. The predicted molar refractivity (Wildman–Crippen MR) is 113 cm³/mol. The first-order chi connectivity index (χ1) is 14.7. The molecule has 0 amide bonds. The van der Waals surface area contributed by atoms with E-state index in [9.17, 15) is 9.36 Å². The quantitative estimate of drug-likeness (QED) is 0.264. The molecule has 4 rings (SSSR count). The SMILES string of the molecule is Nc1nc(Br)c2ncn([C@@H]3O[C@H](/C=C/P(=O)(O)O)C[C@H]3OC(=O)c3ccccc3)c2n1. The van der Waals surface area contributed by atoms with Crippen LogP contribution in [0.4, 0.5) is 5.95 Å².